The lowest BCUT2D eigenvalue weighted by Crippen LogP contribution is -2.29. The van der Waals surface area contributed by atoms with Crippen molar-refractivity contribution in [3.63, 3.8) is 0 Å². The number of anilines is 3. The van der Waals surface area contributed by atoms with E-state index >= 15 is 0 Å². The summed E-state index contributed by atoms with van der Waals surface area (Å²) in [6.45, 7) is 10.2. The van der Waals surface area contributed by atoms with E-state index in [4.69, 9.17) is 36.7 Å². The minimum absolute atomic E-state index is 0.0749. The Labute approximate surface area is 334 Å². The largest absolute Gasteiger partial charge is 0.331 e. The molecule has 0 saturated heterocycles. The highest BCUT2D eigenvalue weighted by molar-refractivity contribution is 7.71. The molecular weight excluding hydrogens is 753 g/mol. The van der Waals surface area contributed by atoms with E-state index in [0.717, 1.165) is 69.8 Å². The Balaban J connectivity index is 1.03. The Kier molecular flexibility index (Phi) is 13.1. The lowest BCUT2D eigenvalue weighted by molar-refractivity contribution is -0.117. The maximum atomic E-state index is 13.0. The highest BCUT2D eigenvalue weighted by Gasteiger charge is 2.13. The van der Waals surface area contributed by atoms with E-state index in [-0.39, 0.29) is 17.7 Å². The lowest BCUT2D eigenvalue weighted by Gasteiger charge is -2.22. The fourth-order valence-corrected chi connectivity index (χ4v) is 8.04. The third-order valence-corrected chi connectivity index (χ3v) is 10.7. The van der Waals surface area contributed by atoms with Gasteiger partial charge in [0.1, 0.15) is 0 Å². The number of carbonyl (C=O) groups excluding carboxylic acids is 3. The molecule has 0 aliphatic rings. The summed E-state index contributed by atoms with van der Waals surface area (Å²) < 4.78 is 7.95. The van der Waals surface area contributed by atoms with Gasteiger partial charge in [0, 0.05) is 56.0 Å². The molecule has 55 heavy (non-hydrogen) atoms. The van der Waals surface area contributed by atoms with Crippen LogP contribution in [0.2, 0.25) is 0 Å². The molecule has 3 aromatic heterocycles. The molecule has 16 heteroatoms. The van der Waals surface area contributed by atoms with Gasteiger partial charge in [-0.05, 0) is 151 Å². The Hall–Kier alpha value is -4.90. The number of rotatable bonds is 18. The Morgan fingerprint density at radius 3 is 1.09 bits per heavy atom. The van der Waals surface area contributed by atoms with E-state index in [1.165, 1.54) is 0 Å². The van der Waals surface area contributed by atoms with Crippen molar-refractivity contribution < 1.29 is 14.4 Å². The van der Waals surface area contributed by atoms with Crippen LogP contribution in [0, 0.1) is 14.3 Å². The number of fused-ring (bicyclic) bond motifs is 3. The normalized spacial score (nSPS) is 11.6. The van der Waals surface area contributed by atoms with Crippen LogP contribution >= 0.6 is 36.7 Å². The predicted molar refractivity (Wildman–Crippen MR) is 228 cm³/mol. The summed E-state index contributed by atoms with van der Waals surface area (Å²) in [5.41, 5.74) is 7.79. The Morgan fingerprint density at radius 1 is 0.527 bits per heavy atom. The second-order valence-electron chi connectivity index (χ2n) is 13.5. The van der Waals surface area contributed by atoms with E-state index in [0.29, 0.717) is 72.5 Å². The molecule has 0 bridgehead atoms. The molecule has 6 aromatic rings. The van der Waals surface area contributed by atoms with Gasteiger partial charge in [0.25, 0.3) is 0 Å². The van der Waals surface area contributed by atoms with Crippen molar-refractivity contribution in [3.8, 4) is 0 Å². The number of hydrogen-bond donors (Lipinski definition) is 6. The smallest absolute Gasteiger partial charge is 0.224 e. The minimum Gasteiger partial charge on any atom is -0.331 e. The third-order valence-electron chi connectivity index (χ3n) is 9.76. The van der Waals surface area contributed by atoms with Crippen LogP contribution < -0.4 is 16.0 Å². The number of aryl methyl sites for hydroxylation is 3. The second-order valence-corrected chi connectivity index (χ2v) is 14.7. The molecule has 6 rings (SSSR count). The zero-order valence-electron chi connectivity index (χ0n) is 31.4. The fraction of sp³-hybridized carbons (Fsp3) is 0.385. The highest BCUT2D eigenvalue weighted by Crippen LogP contribution is 2.22. The molecule has 0 aliphatic carbocycles. The van der Waals surface area contributed by atoms with Gasteiger partial charge in [-0.15, -0.1) is 0 Å². The lowest BCUT2D eigenvalue weighted by atomic mass is 10.2. The monoisotopic (exact) mass is 800 g/mol. The molecule has 6 N–H and O–H groups in total. The number of imidazole rings is 3. The SMILES string of the molecule is CCn1c(=S)[nH]c2ccc(NC(=O)CCCN(CCCC(=O)Nc3ccc4[nH]c(=S)n(CC)c4c3)CCCC(=O)Nc3ccc4[nH]c(=S)n(CC)c4c3)cc21. The molecule has 0 fully saturated rings. The van der Waals surface area contributed by atoms with Crippen molar-refractivity contribution in [1.82, 2.24) is 33.6 Å². The molecule has 3 aromatic carbocycles. The van der Waals surface area contributed by atoms with Crippen LogP contribution in [0.5, 0.6) is 0 Å². The summed E-state index contributed by atoms with van der Waals surface area (Å²) in [7, 11) is 0. The molecule has 3 heterocycles. The maximum Gasteiger partial charge on any atom is 0.224 e. The van der Waals surface area contributed by atoms with Crippen LogP contribution in [0.15, 0.2) is 54.6 Å². The van der Waals surface area contributed by atoms with Crippen LogP contribution in [-0.4, -0.2) is 70.9 Å². The van der Waals surface area contributed by atoms with Gasteiger partial charge in [-0.2, -0.15) is 0 Å². The summed E-state index contributed by atoms with van der Waals surface area (Å²) >= 11 is 16.3. The van der Waals surface area contributed by atoms with E-state index in [2.05, 4.69) is 35.8 Å². The van der Waals surface area contributed by atoms with Gasteiger partial charge in [0.05, 0.1) is 33.1 Å². The summed E-state index contributed by atoms with van der Waals surface area (Å²) in [6.07, 6.45) is 2.87. The summed E-state index contributed by atoms with van der Waals surface area (Å²) in [6, 6.07) is 17.2. The first kappa shape index (κ1) is 39.8. The minimum atomic E-state index is -0.0749. The molecule has 0 unspecified atom stereocenters. The molecule has 0 saturated carbocycles. The molecule has 0 spiro atoms. The van der Waals surface area contributed by atoms with Crippen molar-refractivity contribution in [2.75, 3.05) is 35.6 Å². The predicted octanol–water partition coefficient (Wildman–Crippen LogP) is 8.64. The van der Waals surface area contributed by atoms with Crippen molar-refractivity contribution in [1.29, 1.82) is 0 Å². The first-order valence-corrected chi connectivity index (χ1v) is 20.1. The van der Waals surface area contributed by atoms with Gasteiger partial charge < -0.3 is 49.5 Å². The van der Waals surface area contributed by atoms with Gasteiger partial charge in [-0.25, -0.2) is 0 Å². The van der Waals surface area contributed by atoms with Crippen molar-refractivity contribution in [2.24, 2.45) is 0 Å². The van der Waals surface area contributed by atoms with Crippen LogP contribution in [-0.2, 0) is 34.0 Å². The zero-order chi connectivity index (χ0) is 39.1. The van der Waals surface area contributed by atoms with E-state index < -0.39 is 0 Å². The number of amides is 3. The summed E-state index contributed by atoms with van der Waals surface area (Å²) in [5.74, 6) is -0.225. The summed E-state index contributed by atoms with van der Waals surface area (Å²) in [5, 5.41) is 9.08. The number of nitrogens with zero attached hydrogens (tertiary/aromatic N) is 4. The fourth-order valence-electron chi connectivity index (χ4n) is 7.03. The van der Waals surface area contributed by atoms with Gasteiger partial charge >= 0.3 is 0 Å². The molecule has 0 atom stereocenters. The van der Waals surface area contributed by atoms with Gasteiger partial charge in [0.2, 0.25) is 17.7 Å². The van der Waals surface area contributed by atoms with Crippen molar-refractivity contribution in [3.05, 3.63) is 68.9 Å². The standard InChI is InChI=1S/C39H48N10O3S3/c1-4-47-31-22-25(13-16-28(31)43-37(47)53)40-34(50)10-7-19-46(20-8-11-35(51)41-26-14-17-29-32(23-26)48(5-2)38(54)44-29)21-9-12-36(52)42-27-15-18-30-33(24-27)49(6-3)39(55)45-30/h13-18,22-24H,4-12,19-21H2,1-3H3,(H,40,50)(H,41,51)(H,42,52)(H,43,53)(H,44,54)(H,45,55). The van der Waals surface area contributed by atoms with E-state index in [1.807, 2.05) is 89.1 Å². The molecule has 0 aliphatic heterocycles. The average Bonchev–Trinajstić information content (AvgIpc) is 3.77. The Bertz CT molecular complexity index is 2250. The van der Waals surface area contributed by atoms with Gasteiger partial charge in [-0.3, -0.25) is 14.4 Å². The number of carbonyl (C=O) groups is 3. The average molecular weight is 801 g/mol. The topological polar surface area (TPSA) is 153 Å². The molecule has 0 radical (unpaired) electrons. The Morgan fingerprint density at radius 2 is 0.818 bits per heavy atom. The van der Waals surface area contributed by atoms with E-state index in [1.54, 1.807) is 0 Å². The quantitative estimate of drug-likeness (QED) is 0.0476. The van der Waals surface area contributed by atoms with Crippen LogP contribution in [0.3, 0.4) is 0 Å². The molecule has 3 amide bonds. The number of hydrogen-bond acceptors (Lipinski definition) is 7. The summed E-state index contributed by atoms with van der Waals surface area (Å²) in [4.78, 5) is 50.8. The van der Waals surface area contributed by atoms with Crippen LogP contribution in [0.4, 0.5) is 17.1 Å². The van der Waals surface area contributed by atoms with Crippen LogP contribution in [0.1, 0.15) is 59.3 Å². The zero-order valence-corrected chi connectivity index (χ0v) is 33.9. The van der Waals surface area contributed by atoms with Gasteiger partial charge in [-0.1, -0.05) is 0 Å². The second kappa shape index (κ2) is 18.2. The van der Waals surface area contributed by atoms with E-state index in [9.17, 15) is 14.4 Å². The number of benzene rings is 3. The number of H-pyrrole nitrogens is 3. The number of aromatic amines is 3. The maximum absolute atomic E-state index is 13.0. The van der Waals surface area contributed by atoms with Crippen molar-refractivity contribution >= 4 is 105 Å². The molecule has 13 nitrogen and oxygen atoms in total. The first-order chi connectivity index (χ1) is 26.6. The molecular formula is C39H48N10O3S3. The van der Waals surface area contributed by atoms with Crippen molar-refractivity contribution in [2.45, 2.75) is 78.9 Å². The highest BCUT2D eigenvalue weighted by atomic mass is 32.1. The first-order valence-electron chi connectivity index (χ1n) is 18.9. The molecule has 290 valence electrons. The van der Waals surface area contributed by atoms with Crippen LogP contribution in [0.25, 0.3) is 33.1 Å². The number of nitrogens with one attached hydrogen (secondary N) is 6. The third kappa shape index (κ3) is 9.68. The number of aromatic nitrogens is 6. The van der Waals surface area contributed by atoms with Gasteiger partial charge in [0.15, 0.2) is 14.3 Å².